The van der Waals surface area contributed by atoms with Gasteiger partial charge in [-0.3, -0.25) is 0 Å². The lowest BCUT2D eigenvalue weighted by Crippen LogP contribution is -2.48. The van der Waals surface area contributed by atoms with E-state index in [0.717, 1.165) is 5.56 Å². The number of rotatable bonds is 9. The Morgan fingerprint density at radius 2 is 1.44 bits per heavy atom. The van der Waals surface area contributed by atoms with Crippen LogP contribution in [0.15, 0.2) is 30.3 Å². The number of ether oxygens (including phenoxy) is 4. The summed E-state index contributed by atoms with van der Waals surface area (Å²) >= 11 is 0. The second-order valence-corrected chi connectivity index (χ2v) is 9.38. The quantitative estimate of drug-likeness (QED) is 0.435. The Balaban J connectivity index is 2.58. The highest BCUT2D eigenvalue weighted by molar-refractivity contribution is 5.81. The molecule has 1 aromatic rings. The summed E-state index contributed by atoms with van der Waals surface area (Å²) in [5.41, 5.74) is -0.540. The van der Waals surface area contributed by atoms with Crippen molar-refractivity contribution in [2.24, 2.45) is 0 Å². The molecular formula is C23H36N2O7. The van der Waals surface area contributed by atoms with Gasteiger partial charge < -0.3 is 29.6 Å². The Morgan fingerprint density at radius 1 is 0.844 bits per heavy atom. The van der Waals surface area contributed by atoms with Gasteiger partial charge >= 0.3 is 18.2 Å². The van der Waals surface area contributed by atoms with Crippen molar-refractivity contribution in [1.29, 1.82) is 0 Å². The highest BCUT2D eigenvalue weighted by Gasteiger charge is 2.28. The van der Waals surface area contributed by atoms with Gasteiger partial charge in [-0.1, -0.05) is 30.3 Å². The molecule has 0 saturated carbocycles. The first-order valence-electron chi connectivity index (χ1n) is 10.5. The molecule has 0 heterocycles. The molecule has 2 atom stereocenters. The van der Waals surface area contributed by atoms with Crippen molar-refractivity contribution in [3.05, 3.63) is 35.9 Å². The lowest BCUT2D eigenvalue weighted by Gasteiger charge is -2.25. The molecule has 2 N–H and O–H groups in total. The first kappa shape index (κ1) is 27.2. The molecule has 0 aliphatic carbocycles. The van der Waals surface area contributed by atoms with Crippen LogP contribution in [0, 0.1) is 0 Å². The van der Waals surface area contributed by atoms with Gasteiger partial charge in [0.05, 0.1) is 19.3 Å². The van der Waals surface area contributed by atoms with Crippen LogP contribution in [0.5, 0.6) is 0 Å². The summed E-state index contributed by atoms with van der Waals surface area (Å²) in [6.07, 6.45) is -1.34. The number of benzene rings is 1. The van der Waals surface area contributed by atoms with Crippen molar-refractivity contribution in [3.8, 4) is 0 Å². The largest absolute Gasteiger partial charge is 0.458 e. The van der Waals surface area contributed by atoms with Crippen molar-refractivity contribution >= 4 is 18.2 Å². The molecule has 2 unspecified atom stereocenters. The highest BCUT2D eigenvalue weighted by Crippen LogP contribution is 2.10. The second-order valence-electron chi connectivity index (χ2n) is 9.38. The minimum Gasteiger partial charge on any atom is -0.458 e. The fraction of sp³-hybridized carbons (Fsp3) is 0.609. The van der Waals surface area contributed by atoms with Gasteiger partial charge in [0.15, 0.2) is 6.04 Å². The van der Waals surface area contributed by atoms with E-state index in [9.17, 15) is 14.4 Å². The minimum absolute atomic E-state index is 0.0609. The van der Waals surface area contributed by atoms with Gasteiger partial charge in [-0.25, -0.2) is 14.4 Å². The third-order valence-corrected chi connectivity index (χ3v) is 3.61. The van der Waals surface area contributed by atoms with E-state index < -0.39 is 35.4 Å². The maximum atomic E-state index is 12.5. The first-order chi connectivity index (χ1) is 14.7. The van der Waals surface area contributed by atoms with Crippen LogP contribution < -0.4 is 10.6 Å². The van der Waals surface area contributed by atoms with Crippen molar-refractivity contribution in [3.63, 3.8) is 0 Å². The van der Waals surface area contributed by atoms with E-state index in [4.69, 9.17) is 18.9 Å². The number of alkyl carbamates (subject to hydrolysis) is 2. The maximum absolute atomic E-state index is 12.5. The van der Waals surface area contributed by atoms with Gasteiger partial charge in [-0.2, -0.15) is 0 Å². The number of esters is 1. The number of carbonyl (C=O) groups is 3. The lowest BCUT2D eigenvalue weighted by molar-refractivity contribution is -0.159. The fourth-order valence-electron chi connectivity index (χ4n) is 2.36. The predicted octanol–water partition coefficient (Wildman–Crippen LogP) is 3.55. The van der Waals surface area contributed by atoms with E-state index in [1.54, 1.807) is 48.5 Å². The van der Waals surface area contributed by atoms with Gasteiger partial charge in [0.2, 0.25) is 0 Å². The van der Waals surface area contributed by atoms with Crippen LogP contribution in [-0.2, 0) is 30.3 Å². The van der Waals surface area contributed by atoms with E-state index in [-0.39, 0.29) is 25.9 Å². The monoisotopic (exact) mass is 452 g/mol. The van der Waals surface area contributed by atoms with Crippen molar-refractivity contribution in [2.45, 2.75) is 78.4 Å². The molecule has 0 aliphatic rings. The Morgan fingerprint density at radius 3 is 2.00 bits per heavy atom. The number of hydrogen-bond acceptors (Lipinski definition) is 7. The average Bonchev–Trinajstić information content (AvgIpc) is 2.63. The molecular weight excluding hydrogens is 416 g/mol. The van der Waals surface area contributed by atoms with Gasteiger partial charge in [0, 0.05) is 0 Å². The SMILES string of the molecule is CC(COCC(NC(=O)OCc1ccccc1)C(=O)OC(C)(C)C)NC(=O)OC(C)(C)C. The van der Waals surface area contributed by atoms with Crippen LogP contribution in [0.1, 0.15) is 54.0 Å². The van der Waals surface area contributed by atoms with E-state index in [2.05, 4.69) is 10.6 Å². The molecule has 1 aromatic carbocycles. The van der Waals surface area contributed by atoms with E-state index in [1.165, 1.54) is 0 Å². The Kier molecular flexibility index (Phi) is 10.5. The molecule has 180 valence electrons. The Labute approximate surface area is 190 Å². The molecule has 2 amide bonds. The summed E-state index contributed by atoms with van der Waals surface area (Å²) in [5, 5.41) is 5.12. The summed E-state index contributed by atoms with van der Waals surface area (Å²) in [4.78, 5) is 36.5. The molecule has 0 bridgehead atoms. The van der Waals surface area contributed by atoms with E-state index >= 15 is 0 Å². The standard InChI is InChI=1S/C23H36N2O7/c1-16(24-21(28)32-23(5,6)7)13-29-15-18(19(26)31-22(2,3)4)25-20(27)30-14-17-11-9-8-10-12-17/h8-12,16,18H,13-15H2,1-7H3,(H,24,28)(H,25,27). The molecule has 0 aromatic heterocycles. The number of amides is 2. The summed E-state index contributed by atoms with van der Waals surface area (Å²) in [7, 11) is 0. The molecule has 0 saturated heterocycles. The van der Waals surface area contributed by atoms with Crippen LogP contribution in [0.3, 0.4) is 0 Å². The number of carbonyl (C=O) groups excluding carboxylic acids is 3. The van der Waals surface area contributed by atoms with Crippen LogP contribution in [0.2, 0.25) is 0 Å². The average molecular weight is 453 g/mol. The van der Waals surface area contributed by atoms with Crippen LogP contribution in [0.25, 0.3) is 0 Å². The lowest BCUT2D eigenvalue weighted by atomic mass is 10.2. The molecule has 9 nitrogen and oxygen atoms in total. The Bertz CT molecular complexity index is 739. The van der Waals surface area contributed by atoms with Crippen molar-refractivity contribution in [1.82, 2.24) is 10.6 Å². The Hall–Kier alpha value is -2.81. The molecule has 0 spiro atoms. The minimum atomic E-state index is -1.08. The molecule has 0 fully saturated rings. The summed E-state index contributed by atoms with van der Waals surface area (Å²) < 4.78 is 21.3. The van der Waals surface area contributed by atoms with Gasteiger partial charge in [0.1, 0.15) is 17.8 Å². The van der Waals surface area contributed by atoms with Crippen LogP contribution >= 0.6 is 0 Å². The molecule has 0 aliphatic heterocycles. The summed E-state index contributed by atoms with van der Waals surface area (Å²) in [6, 6.07) is 7.71. The van der Waals surface area contributed by atoms with Crippen LogP contribution in [0.4, 0.5) is 9.59 Å². The smallest absolute Gasteiger partial charge is 0.408 e. The molecule has 32 heavy (non-hydrogen) atoms. The topological polar surface area (TPSA) is 112 Å². The summed E-state index contributed by atoms with van der Waals surface area (Å²) in [6.45, 7) is 12.2. The normalized spacial score (nSPS) is 13.5. The van der Waals surface area contributed by atoms with Crippen molar-refractivity contribution < 1.29 is 33.3 Å². The number of nitrogens with one attached hydrogen (secondary N) is 2. The van der Waals surface area contributed by atoms with E-state index in [0.29, 0.717) is 0 Å². The number of hydrogen-bond donors (Lipinski definition) is 2. The zero-order valence-electron chi connectivity index (χ0n) is 20.0. The highest BCUT2D eigenvalue weighted by atomic mass is 16.6. The molecule has 1 rings (SSSR count). The second kappa shape index (κ2) is 12.3. The first-order valence-corrected chi connectivity index (χ1v) is 10.5. The van der Waals surface area contributed by atoms with Gasteiger partial charge in [-0.15, -0.1) is 0 Å². The van der Waals surface area contributed by atoms with Gasteiger partial charge in [0.25, 0.3) is 0 Å². The third-order valence-electron chi connectivity index (χ3n) is 3.61. The van der Waals surface area contributed by atoms with E-state index in [1.807, 2.05) is 30.3 Å². The third kappa shape index (κ3) is 12.8. The molecule has 9 heteroatoms. The van der Waals surface area contributed by atoms with Crippen molar-refractivity contribution in [2.75, 3.05) is 13.2 Å². The fourth-order valence-corrected chi connectivity index (χ4v) is 2.36. The maximum Gasteiger partial charge on any atom is 0.408 e. The van der Waals surface area contributed by atoms with Gasteiger partial charge in [-0.05, 0) is 54.0 Å². The van der Waals surface area contributed by atoms with Crippen LogP contribution in [-0.4, -0.2) is 54.7 Å². The molecule has 0 radical (unpaired) electrons. The zero-order chi connectivity index (χ0) is 24.4. The zero-order valence-corrected chi connectivity index (χ0v) is 20.0. The predicted molar refractivity (Wildman–Crippen MR) is 119 cm³/mol. The summed E-state index contributed by atoms with van der Waals surface area (Å²) in [5.74, 6) is -0.651.